The molecule has 0 atom stereocenters. The van der Waals surface area contributed by atoms with E-state index >= 15 is 0 Å². The number of aliphatic hydroxyl groups is 1. The van der Waals surface area contributed by atoms with Crippen molar-refractivity contribution in [2.75, 3.05) is 25.0 Å². The van der Waals surface area contributed by atoms with Crippen LogP contribution in [0.5, 0.6) is 0 Å². The fourth-order valence-electron chi connectivity index (χ4n) is 5.21. The van der Waals surface area contributed by atoms with Crippen LogP contribution in [0.25, 0.3) is 11.1 Å². The normalized spacial score (nSPS) is 15.5. The molecule has 0 radical (unpaired) electrons. The summed E-state index contributed by atoms with van der Waals surface area (Å²) in [4.78, 5) is 15.0. The summed E-state index contributed by atoms with van der Waals surface area (Å²) in [6.45, 7) is 6.19. The maximum Gasteiger partial charge on any atom is 0.411 e. The number of benzene rings is 3. The van der Waals surface area contributed by atoms with Gasteiger partial charge in [-0.05, 0) is 59.7 Å². The first-order valence-electron chi connectivity index (χ1n) is 11.6. The fraction of sp³-hybridized carbons (Fsp3) is 0.321. The minimum atomic E-state index is -0.728. The lowest BCUT2D eigenvalue weighted by molar-refractivity contribution is 0.0318. The lowest BCUT2D eigenvalue weighted by Crippen LogP contribution is -2.41. The molecule has 5 nitrogen and oxygen atoms in total. The van der Waals surface area contributed by atoms with Gasteiger partial charge < -0.3 is 9.84 Å². The zero-order chi connectivity index (χ0) is 23.0. The molecule has 0 saturated heterocycles. The maximum atomic E-state index is 12.8. The monoisotopic (exact) mass is 442 g/mol. The van der Waals surface area contributed by atoms with E-state index < -0.39 is 11.7 Å². The predicted molar refractivity (Wildman–Crippen MR) is 130 cm³/mol. The largest absolute Gasteiger partial charge is 0.448 e. The van der Waals surface area contributed by atoms with Crippen molar-refractivity contribution in [3.05, 3.63) is 89.0 Å². The number of fused-ring (bicyclic) bond motifs is 4. The Labute approximate surface area is 195 Å². The third kappa shape index (κ3) is 4.52. The quantitative estimate of drug-likeness (QED) is 0.572. The van der Waals surface area contributed by atoms with Crippen LogP contribution in [0, 0.1) is 0 Å². The molecule has 33 heavy (non-hydrogen) atoms. The average Bonchev–Trinajstić information content (AvgIpc) is 3.10. The number of nitrogens with zero attached hydrogens (tertiary/aromatic N) is 1. The third-order valence-corrected chi connectivity index (χ3v) is 6.54. The van der Waals surface area contributed by atoms with Gasteiger partial charge in [0, 0.05) is 31.2 Å². The molecule has 2 aliphatic rings. The minimum Gasteiger partial charge on any atom is -0.448 e. The number of carbonyl (C=O) groups excluding carboxylic acids is 1. The summed E-state index contributed by atoms with van der Waals surface area (Å²) < 4.78 is 5.73. The zero-order valence-corrected chi connectivity index (χ0v) is 19.2. The van der Waals surface area contributed by atoms with Gasteiger partial charge in [0.1, 0.15) is 6.61 Å². The molecule has 5 heteroatoms. The summed E-state index contributed by atoms with van der Waals surface area (Å²) >= 11 is 0. The average molecular weight is 443 g/mol. The van der Waals surface area contributed by atoms with Crippen molar-refractivity contribution in [1.29, 1.82) is 0 Å². The van der Waals surface area contributed by atoms with Gasteiger partial charge in [0.25, 0.3) is 0 Å². The number of carbonyl (C=O) groups is 1. The molecule has 0 fully saturated rings. The van der Waals surface area contributed by atoms with E-state index in [9.17, 15) is 9.90 Å². The highest BCUT2D eigenvalue weighted by molar-refractivity contribution is 5.86. The predicted octanol–water partition coefficient (Wildman–Crippen LogP) is 5.18. The van der Waals surface area contributed by atoms with Crippen LogP contribution in [0.15, 0.2) is 66.7 Å². The van der Waals surface area contributed by atoms with Crippen LogP contribution in [-0.2, 0) is 17.7 Å². The number of amides is 1. The van der Waals surface area contributed by atoms with Crippen molar-refractivity contribution in [3.63, 3.8) is 0 Å². The molecular weight excluding hydrogens is 412 g/mol. The summed E-state index contributed by atoms with van der Waals surface area (Å²) in [6.07, 6.45) is 0.398. The SMILES string of the molecule is CC(C)(O)CN1CCc2c(cccc2NC(=O)OCC2c3ccccc3-c3ccccc32)C1. The molecule has 0 saturated carbocycles. The topological polar surface area (TPSA) is 61.8 Å². The second kappa shape index (κ2) is 8.65. The minimum absolute atomic E-state index is 0.0447. The molecule has 0 unspecified atom stereocenters. The molecule has 5 rings (SSSR count). The third-order valence-electron chi connectivity index (χ3n) is 6.54. The van der Waals surface area contributed by atoms with E-state index in [0.29, 0.717) is 13.2 Å². The van der Waals surface area contributed by atoms with Gasteiger partial charge >= 0.3 is 6.09 Å². The van der Waals surface area contributed by atoms with Crippen LogP contribution in [0.2, 0.25) is 0 Å². The van der Waals surface area contributed by atoms with E-state index in [2.05, 4.69) is 40.5 Å². The molecule has 3 aromatic rings. The van der Waals surface area contributed by atoms with Gasteiger partial charge in [-0.25, -0.2) is 4.79 Å². The molecule has 1 aliphatic heterocycles. The van der Waals surface area contributed by atoms with Crippen molar-refractivity contribution in [2.45, 2.75) is 38.3 Å². The Balaban J connectivity index is 1.26. The number of rotatable bonds is 5. The zero-order valence-electron chi connectivity index (χ0n) is 19.2. The Bertz CT molecular complexity index is 1140. The van der Waals surface area contributed by atoms with Crippen LogP contribution in [-0.4, -0.2) is 41.4 Å². The van der Waals surface area contributed by atoms with Gasteiger partial charge in [0.2, 0.25) is 0 Å². The van der Waals surface area contributed by atoms with Gasteiger partial charge in [-0.15, -0.1) is 0 Å². The summed E-state index contributed by atoms with van der Waals surface area (Å²) in [6, 6.07) is 22.7. The summed E-state index contributed by atoms with van der Waals surface area (Å²) in [5, 5.41) is 13.1. The van der Waals surface area contributed by atoms with E-state index in [1.54, 1.807) is 0 Å². The number of anilines is 1. The lowest BCUT2D eigenvalue weighted by atomic mass is 9.96. The van der Waals surface area contributed by atoms with Crippen molar-refractivity contribution in [1.82, 2.24) is 4.90 Å². The Morgan fingerprint density at radius 1 is 1.03 bits per heavy atom. The van der Waals surface area contributed by atoms with Crippen LogP contribution in [0.3, 0.4) is 0 Å². The first-order chi connectivity index (χ1) is 15.9. The number of hydrogen-bond donors (Lipinski definition) is 2. The Morgan fingerprint density at radius 2 is 1.70 bits per heavy atom. The lowest BCUT2D eigenvalue weighted by Gasteiger charge is -2.33. The van der Waals surface area contributed by atoms with Gasteiger partial charge in [-0.2, -0.15) is 0 Å². The van der Waals surface area contributed by atoms with E-state index in [1.807, 2.05) is 50.2 Å². The van der Waals surface area contributed by atoms with Crippen molar-refractivity contribution in [3.8, 4) is 11.1 Å². The highest BCUT2D eigenvalue weighted by Crippen LogP contribution is 2.44. The number of ether oxygens (including phenoxy) is 1. The summed E-state index contributed by atoms with van der Waals surface area (Å²) in [7, 11) is 0. The van der Waals surface area contributed by atoms with Crippen molar-refractivity contribution < 1.29 is 14.6 Å². The summed E-state index contributed by atoms with van der Waals surface area (Å²) in [5.74, 6) is 0.0447. The first kappa shape index (κ1) is 21.7. The molecule has 3 aromatic carbocycles. The molecule has 2 N–H and O–H groups in total. The molecule has 170 valence electrons. The molecule has 1 heterocycles. The summed E-state index contributed by atoms with van der Waals surface area (Å²) in [5.41, 5.74) is 7.26. The first-order valence-corrected chi connectivity index (χ1v) is 11.6. The Hall–Kier alpha value is -3.15. The second-order valence-corrected chi connectivity index (χ2v) is 9.67. The van der Waals surface area contributed by atoms with Crippen molar-refractivity contribution in [2.24, 2.45) is 0 Å². The second-order valence-electron chi connectivity index (χ2n) is 9.67. The molecular formula is C28H30N2O3. The standard InChI is InChI=1S/C28H30N2O3/c1-28(2,32)18-30-15-14-20-19(16-30)8-7-13-26(20)29-27(31)33-17-25-23-11-5-3-9-21(23)22-10-4-6-12-24(22)25/h3-13,25,32H,14-18H2,1-2H3,(H,29,31). The van der Waals surface area contributed by atoms with Crippen LogP contribution in [0.4, 0.5) is 10.5 Å². The molecule has 1 amide bonds. The van der Waals surface area contributed by atoms with E-state index in [1.165, 1.54) is 27.8 Å². The van der Waals surface area contributed by atoms with E-state index in [-0.39, 0.29) is 5.92 Å². The highest BCUT2D eigenvalue weighted by Gasteiger charge is 2.29. The smallest absolute Gasteiger partial charge is 0.411 e. The van der Waals surface area contributed by atoms with E-state index in [4.69, 9.17) is 4.74 Å². The molecule has 0 spiro atoms. The van der Waals surface area contributed by atoms with Crippen LogP contribution < -0.4 is 5.32 Å². The number of β-amino-alcohol motifs (C(OH)–C–C–N with tert-alkyl or cyclic N) is 1. The van der Waals surface area contributed by atoms with Gasteiger partial charge in [0.05, 0.1) is 5.60 Å². The van der Waals surface area contributed by atoms with Crippen LogP contribution in [0.1, 0.15) is 42.0 Å². The molecule has 1 aliphatic carbocycles. The maximum absolute atomic E-state index is 12.8. The van der Waals surface area contributed by atoms with Crippen LogP contribution >= 0.6 is 0 Å². The Morgan fingerprint density at radius 3 is 2.36 bits per heavy atom. The number of nitrogens with one attached hydrogen (secondary N) is 1. The Kier molecular flexibility index (Phi) is 5.69. The fourth-order valence-corrected chi connectivity index (χ4v) is 5.21. The highest BCUT2D eigenvalue weighted by atomic mass is 16.5. The van der Waals surface area contributed by atoms with E-state index in [0.717, 1.165) is 30.8 Å². The van der Waals surface area contributed by atoms with Gasteiger partial charge in [0.15, 0.2) is 0 Å². The van der Waals surface area contributed by atoms with Gasteiger partial charge in [-0.1, -0.05) is 60.7 Å². The molecule has 0 bridgehead atoms. The molecule has 0 aromatic heterocycles. The van der Waals surface area contributed by atoms with Crippen molar-refractivity contribution >= 4 is 11.8 Å². The number of hydrogen-bond acceptors (Lipinski definition) is 4. The van der Waals surface area contributed by atoms with Gasteiger partial charge in [-0.3, -0.25) is 10.2 Å².